The maximum absolute atomic E-state index is 16.3. The van der Waals surface area contributed by atoms with Gasteiger partial charge in [0.15, 0.2) is 0 Å². The number of benzene rings is 7. The number of aromatic amines is 4. The van der Waals surface area contributed by atoms with Crippen LogP contribution in [0.4, 0.5) is 0 Å². The van der Waals surface area contributed by atoms with Gasteiger partial charge in [-0.15, -0.1) is 0 Å². The fourth-order valence-corrected chi connectivity index (χ4v) is 17.2. The summed E-state index contributed by atoms with van der Waals surface area (Å²) in [5.41, 5.74) is 8.17. The first-order valence-electron chi connectivity index (χ1n) is 26.3. The lowest BCUT2D eigenvalue weighted by Crippen LogP contribution is -2.17. The summed E-state index contributed by atoms with van der Waals surface area (Å²) in [5.74, 6) is -2.37. The Hall–Kier alpha value is -9.02. The molecule has 0 spiro atoms. The number of fused-ring (bicyclic) bond motifs is 8. The van der Waals surface area contributed by atoms with Crippen LogP contribution in [0.5, 0.6) is 46.0 Å². The van der Waals surface area contributed by atoms with Crippen molar-refractivity contribution in [3.63, 3.8) is 0 Å². The van der Waals surface area contributed by atoms with Crippen molar-refractivity contribution in [1.29, 1.82) is 0 Å². The summed E-state index contributed by atoms with van der Waals surface area (Å²) in [7, 11) is -17.2. The molecule has 4 N–H and O–H groups in total. The highest BCUT2D eigenvalue weighted by atomic mass is 31.2. The average molecular weight is 1160 g/mol. The lowest BCUT2D eigenvalue weighted by Gasteiger charge is -2.27. The molecular weight excluding hydrogens is 1120 g/mol. The Morgan fingerprint density at radius 2 is 0.488 bits per heavy atom. The molecule has 4 aromatic heterocycles. The van der Waals surface area contributed by atoms with Crippen LogP contribution in [0.25, 0.3) is 0 Å². The normalized spacial score (nSPS) is 24.1. The van der Waals surface area contributed by atoms with Crippen molar-refractivity contribution in [1.82, 2.24) is 19.9 Å². The minimum atomic E-state index is -4.58. The Kier molecular flexibility index (Phi) is 11.0. The smallest absolute Gasteiger partial charge is 0.418 e. The predicted octanol–water partition coefficient (Wildman–Crippen LogP) is 14.1. The van der Waals surface area contributed by atoms with E-state index >= 15 is 13.7 Å². The van der Waals surface area contributed by atoms with Crippen molar-refractivity contribution in [3.8, 4) is 46.0 Å². The molecular formula is C62H44N4O12P4. The molecule has 5 aliphatic rings. The van der Waals surface area contributed by atoms with Crippen molar-refractivity contribution in [2.24, 2.45) is 0 Å². The van der Waals surface area contributed by atoms with E-state index < -0.39 is 54.7 Å². The first-order chi connectivity index (χ1) is 39.9. The molecule has 0 radical (unpaired) electrons. The zero-order valence-electron chi connectivity index (χ0n) is 42.8. The largest absolute Gasteiger partial charge is 0.462 e. The third-order valence-electron chi connectivity index (χ3n) is 15.3. The van der Waals surface area contributed by atoms with E-state index in [1.165, 1.54) is 24.3 Å². The van der Waals surface area contributed by atoms with Crippen LogP contribution in [-0.4, -0.2) is 19.9 Å². The molecule has 6 unspecified atom stereocenters. The minimum Gasteiger partial charge on any atom is -0.418 e. The standard InChI is InChI=1S/C62H44N4O12P4/c67-79-71-40-24-36-26-42(32-40)73-80(68,48-10-4-1-5-11-48)75-44-28-38-30-46(34-44)77-82(70,50-14-8-3-9-15-50)78-47-31-39-29-45(35-47)76-81(69,49-12-6-2-7-13-49)74-43-27-37(25-41(33-43)72-79)60-52-17-16-51(63-52)59(36)53-18-20-55(64-53)61(38)57-22-23-58(66-57)62(39)56-21-19-54(60)65-56/h1-35,59-66,79H. The van der Waals surface area contributed by atoms with E-state index in [2.05, 4.69) is 19.9 Å². The average Bonchev–Trinajstić information content (AvgIpc) is 3.46. The number of rotatable bonds is 3. The van der Waals surface area contributed by atoms with Crippen molar-refractivity contribution in [3.05, 3.63) is 280 Å². The van der Waals surface area contributed by atoms with Crippen LogP contribution < -0.4 is 52.1 Å². The van der Waals surface area contributed by atoms with E-state index in [1.54, 1.807) is 140 Å². The third kappa shape index (κ3) is 8.44. The summed E-state index contributed by atoms with van der Waals surface area (Å²) in [4.78, 5) is 15.4. The van der Waals surface area contributed by atoms with Gasteiger partial charge in [0.05, 0.1) is 39.6 Å². The van der Waals surface area contributed by atoms with Gasteiger partial charge in [0.1, 0.15) is 46.0 Å². The second-order valence-corrected chi connectivity index (χ2v) is 27.2. The van der Waals surface area contributed by atoms with Crippen LogP contribution in [-0.2, 0) is 18.3 Å². The van der Waals surface area contributed by atoms with E-state index in [-0.39, 0.29) is 61.9 Å². The topological polar surface area (TPSA) is 205 Å². The summed E-state index contributed by atoms with van der Waals surface area (Å²) in [6.45, 7) is 0. The minimum absolute atomic E-state index is 0.0280. The lowest BCUT2D eigenvalue weighted by atomic mass is 9.92. The molecule has 0 fully saturated rings. The van der Waals surface area contributed by atoms with Crippen LogP contribution in [0, 0.1) is 0 Å². The van der Waals surface area contributed by atoms with Gasteiger partial charge < -0.3 is 56.1 Å². The first-order valence-corrected chi connectivity index (χ1v) is 32.2. The first kappa shape index (κ1) is 48.8. The Morgan fingerprint density at radius 3 is 0.720 bits per heavy atom. The molecule has 16 rings (SSSR count). The lowest BCUT2D eigenvalue weighted by molar-refractivity contribution is 0.389. The summed E-state index contributed by atoms with van der Waals surface area (Å²) in [5, 5.41) is 0.612. The Balaban J connectivity index is 1.07. The monoisotopic (exact) mass is 1160 g/mol. The van der Waals surface area contributed by atoms with Crippen molar-refractivity contribution >= 4 is 47.0 Å². The number of aromatic nitrogens is 4. The van der Waals surface area contributed by atoms with Gasteiger partial charge in [-0.2, -0.15) is 0 Å². The molecule has 0 saturated heterocycles. The van der Waals surface area contributed by atoms with Crippen LogP contribution in [0.3, 0.4) is 0 Å². The van der Waals surface area contributed by atoms with E-state index in [9.17, 15) is 4.57 Å². The summed E-state index contributed by atoms with van der Waals surface area (Å²) in [6, 6.07) is 61.8. The number of hydrogen-bond donors (Lipinski definition) is 4. The molecule has 0 saturated carbocycles. The van der Waals surface area contributed by atoms with Gasteiger partial charge in [-0.25, -0.2) is 18.3 Å². The second kappa shape index (κ2) is 18.5. The van der Waals surface area contributed by atoms with Crippen LogP contribution >= 0.6 is 31.0 Å². The van der Waals surface area contributed by atoms with Gasteiger partial charge in [-0.3, -0.25) is 0 Å². The van der Waals surface area contributed by atoms with Crippen LogP contribution in [0.2, 0.25) is 0 Å². The molecule has 20 heteroatoms. The number of hydrogen-bond acceptors (Lipinski definition) is 12. The molecule has 5 aliphatic heterocycles. The van der Waals surface area contributed by atoms with Gasteiger partial charge >= 0.3 is 31.0 Å². The second-order valence-electron chi connectivity index (χ2n) is 20.7. The van der Waals surface area contributed by atoms with E-state index in [0.717, 1.165) is 45.6 Å². The fraction of sp³-hybridized carbons (Fsp3) is 0.0645. The van der Waals surface area contributed by atoms with Crippen molar-refractivity contribution < 1.29 is 54.5 Å². The van der Waals surface area contributed by atoms with Crippen LogP contribution in [0.15, 0.2) is 212 Å². The van der Waals surface area contributed by atoms with Crippen molar-refractivity contribution in [2.45, 2.75) is 23.7 Å². The Labute approximate surface area is 468 Å². The Bertz CT molecular complexity index is 4270. The highest BCUT2D eigenvalue weighted by Crippen LogP contribution is 2.57. The predicted molar refractivity (Wildman–Crippen MR) is 308 cm³/mol. The number of nitrogens with one attached hydrogen (secondary N) is 4. The van der Waals surface area contributed by atoms with Gasteiger partial charge in [-0.1, -0.05) is 54.6 Å². The molecule has 7 aromatic carbocycles. The summed E-state index contributed by atoms with van der Waals surface area (Å²) in [6.07, 6.45) is 0. The van der Waals surface area contributed by atoms with Gasteiger partial charge in [-0.05, 0) is 156 Å². The van der Waals surface area contributed by atoms with E-state index in [1.807, 2.05) is 48.5 Å². The highest BCUT2D eigenvalue weighted by Gasteiger charge is 2.40. The maximum Gasteiger partial charge on any atom is 0.462 e. The summed E-state index contributed by atoms with van der Waals surface area (Å²) < 4.78 is 117. The molecule has 24 bridgehead atoms. The SMILES string of the molecule is O=[PH]1Oc2cc3cc(c2)C2c4ccc([nH]4)C4c5cc(cc(c5)OP(=O)(c5ccccc5)Oc5cc6cc(c5)C(c5ccc4[nH]5)c4ccc([nH]4)C(c4cc(cc(c4)OP(=O)(c4ccccc4)O6)OP(=O)(c4ccccc4)O3)c3ccc2[nH]3)O1. The third-order valence-corrected chi connectivity index (χ3v) is 21.6. The zero-order valence-corrected chi connectivity index (χ0v) is 46.4. The molecule has 82 heavy (non-hydrogen) atoms. The Morgan fingerprint density at radius 1 is 0.280 bits per heavy atom. The van der Waals surface area contributed by atoms with Gasteiger partial charge in [0.25, 0.3) is 0 Å². The van der Waals surface area contributed by atoms with Crippen LogP contribution in [0.1, 0.15) is 91.5 Å². The molecule has 404 valence electrons. The van der Waals surface area contributed by atoms with Gasteiger partial charge in [0.2, 0.25) is 0 Å². The maximum atomic E-state index is 16.3. The fourth-order valence-electron chi connectivity index (χ4n) is 11.9. The number of H-pyrrole nitrogens is 4. The van der Waals surface area contributed by atoms with Gasteiger partial charge in [0, 0.05) is 69.8 Å². The molecule has 0 aliphatic carbocycles. The molecule has 6 atom stereocenters. The summed E-state index contributed by atoms with van der Waals surface area (Å²) >= 11 is 0. The molecule has 11 aromatic rings. The van der Waals surface area contributed by atoms with Crippen molar-refractivity contribution in [2.75, 3.05) is 0 Å². The zero-order chi connectivity index (χ0) is 54.9. The molecule has 9 heterocycles. The highest BCUT2D eigenvalue weighted by molar-refractivity contribution is 7.63. The van der Waals surface area contributed by atoms with E-state index in [0.29, 0.717) is 22.3 Å². The van der Waals surface area contributed by atoms with E-state index in [4.69, 9.17) is 36.2 Å². The quantitative estimate of drug-likeness (QED) is 0.122. The molecule has 0 amide bonds. The molecule has 16 nitrogen and oxygen atoms in total.